The van der Waals surface area contributed by atoms with Crippen molar-refractivity contribution in [3.05, 3.63) is 119 Å². The number of hydrogen-bond acceptors (Lipinski definition) is 5. The monoisotopic (exact) mass is 701 g/mol. The summed E-state index contributed by atoms with van der Waals surface area (Å²) < 4.78 is 43.1. The Balaban J connectivity index is 1.24. The Labute approximate surface area is 293 Å². The summed E-state index contributed by atoms with van der Waals surface area (Å²) in [4.78, 5) is 39.3. The van der Waals surface area contributed by atoms with Crippen LogP contribution < -0.4 is 20.3 Å². The van der Waals surface area contributed by atoms with E-state index in [1.54, 1.807) is 41.3 Å². The minimum Gasteiger partial charge on any atom is -0.479 e. The van der Waals surface area contributed by atoms with Crippen molar-refractivity contribution in [1.29, 1.82) is 0 Å². The van der Waals surface area contributed by atoms with E-state index in [4.69, 9.17) is 5.11 Å². The number of ether oxygens (including phenoxy) is 1. The highest BCUT2D eigenvalue weighted by Gasteiger charge is 2.33. The number of benzene rings is 4. The zero-order valence-electron chi connectivity index (χ0n) is 27.7. The number of aliphatic hydroxyl groups is 1. The molecule has 9 nitrogen and oxygen atoms in total. The fraction of sp³-hybridized carbons (Fsp3) is 0.308. The molecule has 2 atom stereocenters. The molecule has 6 rings (SSSR count). The molecule has 0 spiro atoms. The first-order valence-corrected chi connectivity index (χ1v) is 16.9. The van der Waals surface area contributed by atoms with Gasteiger partial charge >= 0.3 is 18.4 Å². The van der Waals surface area contributed by atoms with E-state index in [1.165, 1.54) is 37.0 Å². The Morgan fingerprint density at radius 1 is 0.882 bits per heavy atom. The van der Waals surface area contributed by atoms with E-state index in [2.05, 4.69) is 27.5 Å². The normalized spacial score (nSPS) is 16.3. The molecule has 12 heteroatoms. The molecule has 266 valence electrons. The molecule has 0 bridgehead atoms. The zero-order valence-corrected chi connectivity index (χ0v) is 27.7. The number of anilines is 1. The van der Waals surface area contributed by atoms with Crippen LogP contribution in [0.2, 0.25) is 0 Å². The van der Waals surface area contributed by atoms with Crippen LogP contribution in [0.3, 0.4) is 0 Å². The van der Waals surface area contributed by atoms with Gasteiger partial charge in [-0.1, -0.05) is 73.9 Å². The van der Waals surface area contributed by atoms with Crippen molar-refractivity contribution in [3.8, 4) is 16.9 Å². The van der Waals surface area contributed by atoms with Gasteiger partial charge in [-0.3, -0.25) is 9.69 Å². The number of fused-ring (bicyclic) bond motifs is 3. The lowest BCUT2D eigenvalue weighted by atomic mass is 9.82. The second-order valence-corrected chi connectivity index (χ2v) is 12.9. The predicted molar refractivity (Wildman–Crippen MR) is 184 cm³/mol. The lowest BCUT2D eigenvalue weighted by molar-refractivity contribution is -0.274. The summed E-state index contributed by atoms with van der Waals surface area (Å²) in [5.41, 5.74) is 5.70. The Morgan fingerprint density at radius 2 is 1.59 bits per heavy atom. The number of aliphatic hydroxyl groups excluding tert-OH is 1. The van der Waals surface area contributed by atoms with Gasteiger partial charge in [0.15, 0.2) is 6.10 Å². The van der Waals surface area contributed by atoms with Gasteiger partial charge < -0.3 is 25.6 Å². The number of urea groups is 1. The number of nitrogens with zero attached hydrogens (tertiary/aromatic N) is 1. The third-order valence-electron chi connectivity index (χ3n) is 9.49. The summed E-state index contributed by atoms with van der Waals surface area (Å²) in [7, 11) is 0. The van der Waals surface area contributed by atoms with Gasteiger partial charge in [-0.05, 0) is 95.0 Å². The van der Waals surface area contributed by atoms with Gasteiger partial charge in [0.25, 0.3) is 5.91 Å². The van der Waals surface area contributed by atoms with Gasteiger partial charge in [0.1, 0.15) is 5.75 Å². The highest BCUT2D eigenvalue weighted by molar-refractivity contribution is 5.95. The van der Waals surface area contributed by atoms with Crippen LogP contribution in [-0.4, -0.2) is 47.1 Å². The maximum Gasteiger partial charge on any atom is 0.573 e. The Kier molecular flexibility index (Phi) is 10.6. The van der Waals surface area contributed by atoms with E-state index in [9.17, 15) is 32.7 Å². The van der Waals surface area contributed by atoms with E-state index >= 15 is 0 Å². The molecule has 1 unspecified atom stereocenters. The molecule has 2 aliphatic carbocycles. The maximum absolute atomic E-state index is 14.2. The van der Waals surface area contributed by atoms with Gasteiger partial charge in [-0.25, -0.2) is 9.59 Å². The molecular weight excluding hydrogens is 663 g/mol. The summed E-state index contributed by atoms with van der Waals surface area (Å²) in [5.74, 6) is -1.83. The number of carboxylic acids is 1. The van der Waals surface area contributed by atoms with Gasteiger partial charge in [0.2, 0.25) is 0 Å². The predicted octanol–water partition coefficient (Wildman–Crippen LogP) is 7.49. The number of carbonyl (C=O) groups is 3. The van der Waals surface area contributed by atoms with Gasteiger partial charge in [-0.2, -0.15) is 0 Å². The molecule has 0 aromatic heterocycles. The third-order valence-corrected chi connectivity index (χ3v) is 9.49. The number of hydrogen-bond donors (Lipinski definition) is 4. The minimum atomic E-state index is -4.82. The summed E-state index contributed by atoms with van der Waals surface area (Å²) >= 11 is 0. The van der Waals surface area contributed by atoms with Crippen molar-refractivity contribution in [1.82, 2.24) is 10.6 Å². The second-order valence-electron chi connectivity index (χ2n) is 12.9. The standard InChI is InChI=1S/C39H38F3N3O6/c40-39(41,42)51-30-19-16-28-20-34(32-9-5-4-8-31(32)33(28)21-30)44-38(50)45(29-17-14-26(15-18-29)25-6-2-1-3-7-25)23-24-10-12-27(13-11-24)36(47)43-22-35(46)37(48)49/h4-5,8-19,21,25,34-35,46H,1-3,6-7,20,22-23H2,(H,43,47)(H,44,50)(H,48,49)/t34?,35-/m1/s1. The minimum absolute atomic E-state index is 0.150. The van der Waals surface area contributed by atoms with Crippen LogP contribution in [0.15, 0.2) is 91.0 Å². The highest BCUT2D eigenvalue weighted by Crippen LogP contribution is 2.41. The van der Waals surface area contributed by atoms with Crippen molar-refractivity contribution >= 4 is 23.6 Å². The molecule has 4 aromatic rings. The first-order valence-electron chi connectivity index (χ1n) is 16.9. The number of amides is 3. The summed E-state index contributed by atoms with van der Waals surface area (Å²) in [6.07, 6.45) is -0.319. The Hall–Kier alpha value is -5.36. The van der Waals surface area contributed by atoms with Gasteiger partial charge in [0.05, 0.1) is 19.1 Å². The fourth-order valence-electron chi connectivity index (χ4n) is 6.88. The Morgan fingerprint density at radius 3 is 2.27 bits per heavy atom. The van der Waals surface area contributed by atoms with E-state index in [1.807, 2.05) is 30.3 Å². The lowest BCUT2D eigenvalue weighted by Crippen LogP contribution is -2.42. The molecule has 1 saturated carbocycles. The van der Waals surface area contributed by atoms with E-state index in [-0.39, 0.29) is 23.9 Å². The number of rotatable bonds is 10. The van der Waals surface area contributed by atoms with Crippen molar-refractivity contribution in [2.45, 2.75) is 69.5 Å². The average Bonchev–Trinajstić information content (AvgIpc) is 3.13. The van der Waals surface area contributed by atoms with Gasteiger partial charge in [-0.15, -0.1) is 13.2 Å². The zero-order chi connectivity index (χ0) is 36.1. The number of carboxylic acid groups (broad SMARTS) is 1. The smallest absolute Gasteiger partial charge is 0.479 e. The summed E-state index contributed by atoms with van der Waals surface area (Å²) in [6, 6.07) is 25.2. The molecule has 0 radical (unpaired) electrons. The number of carbonyl (C=O) groups excluding carboxylic acids is 2. The number of halogens is 3. The lowest BCUT2D eigenvalue weighted by Gasteiger charge is -2.32. The van der Waals surface area contributed by atoms with Crippen LogP contribution in [0.1, 0.15) is 76.7 Å². The van der Waals surface area contributed by atoms with Crippen LogP contribution >= 0.6 is 0 Å². The highest BCUT2D eigenvalue weighted by atomic mass is 19.4. The average molecular weight is 702 g/mol. The maximum atomic E-state index is 14.2. The van der Waals surface area contributed by atoms with Crippen LogP contribution in [0, 0.1) is 0 Å². The van der Waals surface area contributed by atoms with E-state index < -0.39 is 36.9 Å². The van der Waals surface area contributed by atoms with Crippen molar-refractivity contribution in [3.63, 3.8) is 0 Å². The van der Waals surface area contributed by atoms with E-state index in [0.717, 1.165) is 29.5 Å². The Bertz CT molecular complexity index is 1870. The molecule has 4 aromatic carbocycles. The summed E-state index contributed by atoms with van der Waals surface area (Å²) in [5, 5.41) is 23.9. The number of aliphatic carboxylic acids is 1. The van der Waals surface area contributed by atoms with Crippen LogP contribution in [0.25, 0.3) is 11.1 Å². The first-order chi connectivity index (χ1) is 24.4. The molecule has 0 aliphatic heterocycles. The van der Waals surface area contributed by atoms with Crippen LogP contribution in [0.5, 0.6) is 5.75 Å². The van der Waals surface area contributed by atoms with Crippen molar-refractivity contribution in [2.24, 2.45) is 0 Å². The van der Waals surface area contributed by atoms with E-state index in [0.29, 0.717) is 29.2 Å². The topological polar surface area (TPSA) is 128 Å². The molecule has 4 N–H and O–H groups in total. The number of alkyl halides is 3. The van der Waals surface area contributed by atoms with Gasteiger partial charge in [0, 0.05) is 11.3 Å². The third kappa shape index (κ3) is 8.69. The molecule has 51 heavy (non-hydrogen) atoms. The quantitative estimate of drug-likeness (QED) is 0.136. The largest absolute Gasteiger partial charge is 0.573 e. The van der Waals surface area contributed by atoms with Crippen molar-refractivity contribution in [2.75, 3.05) is 11.4 Å². The van der Waals surface area contributed by atoms with Crippen molar-refractivity contribution < 1.29 is 42.5 Å². The summed E-state index contributed by atoms with van der Waals surface area (Å²) in [6.45, 7) is -0.296. The fourth-order valence-corrected chi connectivity index (χ4v) is 6.88. The SMILES string of the molecule is O=C(NC[C@@H](O)C(=O)O)c1ccc(CN(C(=O)NC2Cc3ccc(OC(F)(F)F)cc3-c3ccccc32)c2ccc(C3CCCCC3)cc2)cc1. The number of nitrogens with one attached hydrogen (secondary N) is 2. The first kappa shape index (κ1) is 35.5. The van der Waals surface area contributed by atoms with Crippen LogP contribution in [-0.2, 0) is 17.8 Å². The molecule has 1 fully saturated rings. The van der Waals surface area contributed by atoms with Crippen LogP contribution in [0.4, 0.5) is 23.7 Å². The molecule has 0 heterocycles. The molecular formula is C39H38F3N3O6. The molecule has 3 amide bonds. The molecule has 2 aliphatic rings. The second kappa shape index (κ2) is 15.3. The molecule has 0 saturated heterocycles.